The third kappa shape index (κ3) is 4.61. The van der Waals surface area contributed by atoms with Crippen molar-refractivity contribution in [3.63, 3.8) is 0 Å². The maximum atomic E-state index is 9.39. The Labute approximate surface area is 156 Å². The fourth-order valence-corrected chi connectivity index (χ4v) is 3.37. The van der Waals surface area contributed by atoms with Crippen LogP contribution in [0.25, 0.3) is 11.3 Å². The quantitative estimate of drug-likeness (QED) is 0.823. The summed E-state index contributed by atoms with van der Waals surface area (Å²) in [6.45, 7) is 9.67. The van der Waals surface area contributed by atoms with E-state index in [1.807, 2.05) is 24.9 Å². The molecule has 2 aromatic heterocycles. The molecule has 1 aliphatic heterocycles. The van der Waals surface area contributed by atoms with Gasteiger partial charge >= 0.3 is 0 Å². The summed E-state index contributed by atoms with van der Waals surface area (Å²) in [6.07, 6.45) is 12.0. The van der Waals surface area contributed by atoms with Gasteiger partial charge in [0.15, 0.2) is 0 Å². The van der Waals surface area contributed by atoms with Crippen molar-refractivity contribution in [1.29, 1.82) is 0 Å². The van der Waals surface area contributed by atoms with E-state index in [2.05, 4.69) is 45.2 Å². The molecule has 0 radical (unpaired) electrons. The number of hydrogen-bond acceptors (Lipinski definition) is 5. The van der Waals surface area contributed by atoms with Gasteiger partial charge in [-0.3, -0.25) is 0 Å². The van der Waals surface area contributed by atoms with Crippen LogP contribution in [-0.2, 0) is 6.54 Å². The van der Waals surface area contributed by atoms with E-state index >= 15 is 0 Å². The first-order valence-corrected chi connectivity index (χ1v) is 9.67. The second-order valence-electron chi connectivity index (χ2n) is 8.34. The highest BCUT2D eigenvalue weighted by Gasteiger charge is 2.19. The van der Waals surface area contributed by atoms with Crippen molar-refractivity contribution in [3.8, 4) is 11.3 Å². The summed E-state index contributed by atoms with van der Waals surface area (Å²) in [6, 6.07) is 0. The number of piperidine rings is 1. The van der Waals surface area contributed by atoms with Gasteiger partial charge in [0.05, 0.1) is 18.2 Å². The third-order valence-corrected chi connectivity index (χ3v) is 5.39. The third-order valence-electron chi connectivity index (χ3n) is 5.39. The fraction of sp³-hybridized carbons (Fsp3) is 0.650. The minimum atomic E-state index is -0.0303. The van der Waals surface area contributed by atoms with Crippen molar-refractivity contribution in [3.05, 3.63) is 24.9 Å². The smallest absolute Gasteiger partial charge is 0.225 e. The number of imidazole rings is 1. The first-order chi connectivity index (χ1) is 12.5. The summed E-state index contributed by atoms with van der Waals surface area (Å²) < 4.78 is 2.15. The molecular formula is C20H31N5O. The normalized spacial score (nSPS) is 16.2. The van der Waals surface area contributed by atoms with Gasteiger partial charge in [-0.05, 0) is 37.0 Å². The van der Waals surface area contributed by atoms with E-state index in [1.165, 1.54) is 12.8 Å². The number of nitrogens with zero attached hydrogens (tertiary/aromatic N) is 5. The fourth-order valence-electron chi connectivity index (χ4n) is 3.37. The van der Waals surface area contributed by atoms with Crippen molar-refractivity contribution in [2.24, 2.45) is 11.3 Å². The zero-order valence-corrected chi connectivity index (χ0v) is 16.2. The lowest BCUT2D eigenvalue weighted by Gasteiger charge is -2.30. The number of hydrogen-bond donors (Lipinski definition) is 1. The molecule has 0 unspecified atom stereocenters. The van der Waals surface area contributed by atoms with E-state index in [1.54, 1.807) is 0 Å². The molecule has 1 N–H and O–H groups in total. The first kappa shape index (κ1) is 18.8. The Morgan fingerprint density at radius 1 is 1.15 bits per heavy atom. The van der Waals surface area contributed by atoms with Gasteiger partial charge in [-0.25, -0.2) is 15.0 Å². The molecule has 0 saturated carbocycles. The molecule has 0 spiro atoms. The molecule has 2 aromatic rings. The molecule has 6 nitrogen and oxygen atoms in total. The highest BCUT2D eigenvalue weighted by Crippen LogP contribution is 2.24. The van der Waals surface area contributed by atoms with Crippen molar-refractivity contribution in [2.45, 2.75) is 53.0 Å². The average molecular weight is 358 g/mol. The zero-order valence-electron chi connectivity index (χ0n) is 16.2. The van der Waals surface area contributed by atoms with Crippen molar-refractivity contribution >= 4 is 5.95 Å². The number of rotatable bonds is 7. The van der Waals surface area contributed by atoms with Gasteiger partial charge in [0, 0.05) is 44.2 Å². The van der Waals surface area contributed by atoms with Gasteiger partial charge in [0.2, 0.25) is 5.95 Å². The highest BCUT2D eigenvalue weighted by molar-refractivity contribution is 5.57. The highest BCUT2D eigenvalue weighted by atomic mass is 16.3. The predicted molar refractivity (Wildman–Crippen MR) is 104 cm³/mol. The molecule has 0 bridgehead atoms. The Morgan fingerprint density at radius 3 is 2.50 bits per heavy atom. The number of aryl methyl sites for hydroxylation is 1. The summed E-state index contributed by atoms with van der Waals surface area (Å²) in [4.78, 5) is 15.8. The number of anilines is 1. The second kappa shape index (κ2) is 8.16. The van der Waals surface area contributed by atoms with Gasteiger partial charge in [0.25, 0.3) is 0 Å². The van der Waals surface area contributed by atoms with Crippen LogP contribution >= 0.6 is 0 Å². The monoisotopic (exact) mass is 357 g/mol. The number of aromatic nitrogens is 4. The summed E-state index contributed by atoms with van der Waals surface area (Å²) in [7, 11) is 0. The molecule has 1 saturated heterocycles. The Hall–Kier alpha value is -1.95. The minimum absolute atomic E-state index is 0.0303. The van der Waals surface area contributed by atoms with Gasteiger partial charge in [-0.15, -0.1) is 0 Å². The summed E-state index contributed by atoms with van der Waals surface area (Å²) in [5, 5.41) is 9.39. The Bertz CT molecular complexity index is 686. The molecule has 0 amide bonds. The lowest BCUT2D eigenvalue weighted by molar-refractivity contribution is 0.146. The van der Waals surface area contributed by atoms with Gasteiger partial charge < -0.3 is 14.6 Å². The van der Waals surface area contributed by atoms with Crippen LogP contribution in [0.3, 0.4) is 0 Å². The summed E-state index contributed by atoms with van der Waals surface area (Å²) in [5.74, 6) is 1.63. The molecular weight excluding hydrogens is 326 g/mol. The van der Waals surface area contributed by atoms with Crippen LogP contribution in [0.15, 0.2) is 24.9 Å². The minimum Gasteiger partial charge on any atom is -0.396 e. The van der Waals surface area contributed by atoms with Crippen molar-refractivity contribution < 1.29 is 5.11 Å². The molecule has 1 fully saturated rings. The molecule has 0 aliphatic carbocycles. The topological polar surface area (TPSA) is 67.1 Å². The summed E-state index contributed by atoms with van der Waals surface area (Å²) in [5.41, 5.74) is 2.01. The average Bonchev–Trinajstić information content (AvgIpc) is 3.11. The zero-order chi connectivity index (χ0) is 18.6. The van der Waals surface area contributed by atoms with E-state index in [9.17, 15) is 5.11 Å². The van der Waals surface area contributed by atoms with Crippen LogP contribution in [0.2, 0.25) is 0 Å². The molecule has 1 aliphatic rings. The summed E-state index contributed by atoms with van der Waals surface area (Å²) >= 11 is 0. The van der Waals surface area contributed by atoms with Crippen LogP contribution in [0.1, 0.15) is 46.5 Å². The number of aliphatic hydroxyl groups is 1. The van der Waals surface area contributed by atoms with Gasteiger partial charge in [-0.2, -0.15) is 0 Å². The van der Waals surface area contributed by atoms with Crippen LogP contribution < -0.4 is 4.90 Å². The van der Waals surface area contributed by atoms with E-state index in [0.29, 0.717) is 0 Å². The molecule has 3 heterocycles. The molecule has 142 valence electrons. The van der Waals surface area contributed by atoms with E-state index in [4.69, 9.17) is 0 Å². The molecule has 0 atom stereocenters. The van der Waals surface area contributed by atoms with Crippen LogP contribution in [-0.4, -0.2) is 44.3 Å². The lowest BCUT2D eigenvalue weighted by atomic mass is 9.89. The maximum Gasteiger partial charge on any atom is 0.225 e. The largest absolute Gasteiger partial charge is 0.396 e. The van der Waals surface area contributed by atoms with Crippen molar-refractivity contribution in [2.75, 3.05) is 24.6 Å². The molecule has 26 heavy (non-hydrogen) atoms. The Kier molecular flexibility index (Phi) is 5.91. The van der Waals surface area contributed by atoms with Gasteiger partial charge in [-0.1, -0.05) is 20.8 Å². The van der Waals surface area contributed by atoms with Crippen LogP contribution in [0, 0.1) is 11.3 Å². The van der Waals surface area contributed by atoms with Crippen LogP contribution in [0.4, 0.5) is 5.95 Å². The van der Waals surface area contributed by atoms with E-state index in [-0.39, 0.29) is 12.0 Å². The first-order valence-electron chi connectivity index (χ1n) is 9.67. The van der Waals surface area contributed by atoms with Gasteiger partial charge in [0.1, 0.15) is 0 Å². The molecule has 0 aromatic carbocycles. The van der Waals surface area contributed by atoms with E-state index in [0.717, 1.165) is 55.6 Å². The SMILES string of the molecule is CC1CCN(c2ncc(-c3cncn3CCCC(C)(C)CO)cn2)CC1. The maximum absolute atomic E-state index is 9.39. The van der Waals surface area contributed by atoms with Crippen molar-refractivity contribution in [1.82, 2.24) is 19.5 Å². The molecule has 6 heteroatoms. The Morgan fingerprint density at radius 2 is 1.85 bits per heavy atom. The molecule has 3 rings (SSSR count). The lowest BCUT2D eigenvalue weighted by Crippen LogP contribution is -2.33. The second-order valence-corrected chi connectivity index (χ2v) is 8.34. The van der Waals surface area contributed by atoms with E-state index < -0.39 is 0 Å². The predicted octanol–water partition coefficient (Wildman–Crippen LogP) is 3.38. The standard InChI is InChI=1S/C20H31N5O/c1-16-5-9-24(10-6-16)19-22-11-17(12-23-19)18-13-21-15-25(18)8-4-7-20(2,3)14-26/h11-13,15-16,26H,4-10,14H2,1-3H3. The van der Waals surface area contributed by atoms with Crippen LogP contribution in [0.5, 0.6) is 0 Å². The number of aliphatic hydroxyl groups excluding tert-OH is 1. The Balaban J connectivity index is 1.64.